The molecule has 0 atom stereocenters. The Bertz CT molecular complexity index is 1000. The number of ether oxygens (including phenoxy) is 1. The van der Waals surface area contributed by atoms with E-state index in [1.807, 2.05) is 36.4 Å². The number of fused-ring (bicyclic) bond motifs is 1. The molecular formula is C20H15FN2OS2. The van der Waals surface area contributed by atoms with E-state index in [9.17, 15) is 4.39 Å². The van der Waals surface area contributed by atoms with Crippen LogP contribution in [-0.4, -0.2) is 22.3 Å². The number of thiophene rings is 1. The largest absolute Gasteiger partial charge is 0.493 e. The first kappa shape index (κ1) is 17.0. The second kappa shape index (κ2) is 7.85. The predicted octanol–water partition coefficient (Wildman–Crippen LogP) is 5.67. The van der Waals surface area contributed by atoms with Gasteiger partial charge in [0, 0.05) is 10.6 Å². The summed E-state index contributed by atoms with van der Waals surface area (Å²) in [4.78, 5) is 9.84. The first-order chi connectivity index (χ1) is 12.8. The summed E-state index contributed by atoms with van der Waals surface area (Å²) in [5.74, 6) is 1.44. The van der Waals surface area contributed by atoms with Crippen LogP contribution < -0.4 is 4.74 Å². The Morgan fingerprint density at radius 1 is 1.00 bits per heavy atom. The summed E-state index contributed by atoms with van der Waals surface area (Å²) in [6, 6.07) is 18.3. The van der Waals surface area contributed by atoms with Gasteiger partial charge in [0.15, 0.2) is 0 Å². The first-order valence-corrected chi connectivity index (χ1v) is 9.91. The lowest BCUT2D eigenvalue weighted by molar-refractivity contribution is 0.344. The van der Waals surface area contributed by atoms with Crippen molar-refractivity contribution in [2.24, 2.45) is 0 Å². The summed E-state index contributed by atoms with van der Waals surface area (Å²) < 4.78 is 19.9. The Morgan fingerprint density at radius 2 is 1.81 bits per heavy atom. The molecule has 26 heavy (non-hydrogen) atoms. The lowest BCUT2D eigenvalue weighted by atomic mass is 10.2. The summed E-state index contributed by atoms with van der Waals surface area (Å²) in [6.45, 7) is 0.608. The molecule has 4 aromatic rings. The van der Waals surface area contributed by atoms with Gasteiger partial charge in [0.1, 0.15) is 22.9 Å². The molecule has 0 fully saturated rings. The maximum Gasteiger partial charge on any atom is 0.123 e. The van der Waals surface area contributed by atoms with E-state index in [1.165, 1.54) is 12.1 Å². The van der Waals surface area contributed by atoms with Crippen LogP contribution in [0.5, 0.6) is 5.75 Å². The molecule has 0 saturated heterocycles. The maximum absolute atomic E-state index is 13.1. The van der Waals surface area contributed by atoms with Gasteiger partial charge in [-0.15, -0.1) is 23.1 Å². The molecule has 6 heteroatoms. The molecule has 0 unspecified atom stereocenters. The summed E-state index contributed by atoms with van der Waals surface area (Å²) in [5, 5.41) is 0.949. The summed E-state index contributed by atoms with van der Waals surface area (Å²) >= 11 is 3.28. The maximum atomic E-state index is 13.1. The van der Waals surface area contributed by atoms with E-state index in [0.29, 0.717) is 6.61 Å². The van der Waals surface area contributed by atoms with Crippen molar-refractivity contribution in [2.45, 2.75) is 5.03 Å². The van der Waals surface area contributed by atoms with Gasteiger partial charge in [-0.3, -0.25) is 0 Å². The average Bonchev–Trinajstić information content (AvgIpc) is 3.11. The van der Waals surface area contributed by atoms with Crippen LogP contribution >= 0.6 is 23.1 Å². The van der Waals surface area contributed by atoms with Crippen LogP contribution in [0.25, 0.3) is 20.7 Å². The summed E-state index contributed by atoms with van der Waals surface area (Å²) in [7, 11) is 0. The molecule has 2 aromatic heterocycles. The van der Waals surface area contributed by atoms with Gasteiger partial charge in [-0.25, -0.2) is 14.4 Å². The van der Waals surface area contributed by atoms with Gasteiger partial charge in [-0.1, -0.05) is 30.3 Å². The number of halogens is 1. The van der Waals surface area contributed by atoms with Crippen LogP contribution in [0.2, 0.25) is 0 Å². The molecular weight excluding hydrogens is 367 g/mol. The highest BCUT2D eigenvalue weighted by Crippen LogP contribution is 2.36. The fourth-order valence-corrected chi connectivity index (χ4v) is 4.53. The predicted molar refractivity (Wildman–Crippen MR) is 105 cm³/mol. The summed E-state index contributed by atoms with van der Waals surface area (Å²) in [6.07, 6.45) is 1.59. The standard InChI is InChI=1S/C20H15FN2OS2/c21-15-8-6-14(7-9-15)18-12-17-19(26-18)20(23-13-22-17)25-11-10-24-16-4-2-1-3-5-16/h1-9,12-13H,10-11H2. The molecule has 0 bridgehead atoms. The monoisotopic (exact) mass is 382 g/mol. The molecule has 130 valence electrons. The lowest BCUT2D eigenvalue weighted by Gasteiger charge is -2.05. The molecule has 4 rings (SSSR count). The fraction of sp³-hybridized carbons (Fsp3) is 0.100. The van der Waals surface area contributed by atoms with Gasteiger partial charge in [-0.05, 0) is 35.9 Å². The quantitative estimate of drug-likeness (QED) is 0.245. The third-order valence-electron chi connectivity index (χ3n) is 3.74. The van der Waals surface area contributed by atoms with Crippen molar-refractivity contribution < 1.29 is 9.13 Å². The van der Waals surface area contributed by atoms with Gasteiger partial charge in [-0.2, -0.15) is 0 Å². The molecule has 0 aliphatic rings. The van der Waals surface area contributed by atoms with Gasteiger partial charge in [0.05, 0.1) is 16.8 Å². The van der Waals surface area contributed by atoms with Crippen molar-refractivity contribution in [1.29, 1.82) is 0 Å². The van der Waals surface area contributed by atoms with Crippen molar-refractivity contribution in [2.75, 3.05) is 12.4 Å². The number of para-hydroxylation sites is 1. The van der Waals surface area contributed by atoms with E-state index in [0.717, 1.165) is 37.2 Å². The van der Waals surface area contributed by atoms with Crippen LogP contribution in [0.3, 0.4) is 0 Å². The minimum atomic E-state index is -0.232. The molecule has 0 aliphatic heterocycles. The zero-order valence-electron chi connectivity index (χ0n) is 13.8. The lowest BCUT2D eigenvalue weighted by Crippen LogP contribution is -2.00. The minimum absolute atomic E-state index is 0.232. The normalized spacial score (nSPS) is 11.0. The highest BCUT2D eigenvalue weighted by atomic mass is 32.2. The molecule has 0 saturated carbocycles. The second-order valence-corrected chi connectivity index (χ2v) is 7.66. The van der Waals surface area contributed by atoms with Crippen LogP contribution in [0.15, 0.2) is 72.0 Å². The number of nitrogens with zero attached hydrogens (tertiary/aromatic N) is 2. The molecule has 0 radical (unpaired) electrons. The van der Waals surface area contributed by atoms with Crippen molar-refractivity contribution >= 4 is 33.3 Å². The topological polar surface area (TPSA) is 35.0 Å². The van der Waals surface area contributed by atoms with E-state index in [1.54, 1.807) is 41.6 Å². The van der Waals surface area contributed by atoms with Gasteiger partial charge < -0.3 is 4.74 Å². The van der Waals surface area contributed by atoms with Gasteiger partial charge in [0.2, 0.25) is 0 Å². The molecule has 0 amide bonds. The SMILES string of the molecule is Fc1ccc(-c2cc3ncnc(SCCOc4ccccc4)c3s2)cc1. The third kappa shape index (κ3) is 3.86. The third-order valence-corrected chi connectivity index (χ3v) is 6.00. The fourth-order valence-electron chi connectivity index (χ4n) is 2.51. The number of hydrogen-bond acceptors (Lipinski definition) is 5. The van der Waals surface area contributed by atoms with Crippen LogP contribution in [-0.2, 0) is 0 Å². The Hall–Kier alpha value is -2.44. The summed E-state index contributed by atoms with van der Waals surface area (Å²) in [5.41, 5.74) is 1.90. The van der Waals surface area contributed by atoms with Crippen molar-refractivity contribution in [3.63, 3.8) is 0 Å². The number of aromatic nitrogens is 2. The molecule has 2 heterocycles. The van der Waals surface area contributed by atoms with E-state index >= 15 is 0 Å². The average molecular weight is 382 g/mol. The van der Waals surface area contributed by atoms with Crippen molar-refractivity contribution in [3.05, 3.63) is 72.8 Å². The Morgan fingerprint density at radius 3 is 2.62 bits per heavy atom. The Balaban J connectivity index is 1.48. The van der Waals surface area contributed by atoms with E-state index in [4.69, 9.17) is 4.74 Å². The van der Waals surface area contributed by atoms with E-state index in [2.05, 4.69) is 9.97 Å². The number of benzene rings is 2. The highest BCUT2D eigenvalue weighted by Gasteiger charge is 2.11. The molecule has 3 nitrogen and oxygen atoms in total. The number of thioether (sulfide) groups is 1. The molecule has 2 aromatic carbocycles. The Labute approximate surface area is 158 Å². The zero-order valence-corrected chi connectivity index (χ0v) is 15.4. The van der Waals surface area contributed by atoms with Crippen LogP contribution in [0.1, 0.15) is 0 Å². The highest BCUT2D eigenvalue weighted by molar-refractivity contribution is 7.99. The van der Waals surface area contributed by atoms with Crippen LogP contribution in [0.4, 0.5) is 4.39 Å². The van der Waals surface area contributed by atoms with E-state index in [-0.39, 0.29) is 5.82 Å². The minimum Gasteiger partial charge on any atom is -0.493 e. The van der Waals surface area contributed by atoms with Crippen molar-refractivity contribution in [3.8, 4) is 16.2 Å². The molecule has 0 N–H and O–H groups in total. The Kier molecular flexibility index (Phi) is 5.13. The molecule has 0 aliphatic carbocycles. The zero-order chi connectivity index (χ0) is 17.8. The number of hydrogen-bond donors (Lipinski definition) is 0. The van der Waals surface area contributed by atoms with Crippen LogP contribution in [0, 0.1) is 5.82 Å². The van der Waals surface area contributed by atoms with Gasteiger partial charge in [0.25, 0.3) is 0 Å². The molecule has 0 spiro atoms. The first-order valence-electron chi connectivity index (χ1n) is 8.11. The second-order valence-electron chi connectivity index (χ2n) is 5.52. The van der Waals surface area contributed by atoms with E-state index < -0.39 is 0 Å². The van der Waals surface area contributed by atoms with Gasteiger partial charge >= 0.3 is 0 Å². The van der Waals surface area contributed by atoms with Crippen molar-refractivity contribution in [1.82, 2.24) is 9.97 Å². The number of rotatable bonds is 6. The smallest absolute Gasteiger partial charge is 0.123 e.